The molecular formula is C10H26N2O4. The highest BCUT2D eigenvalue weighted by atomic mass is 16.3. The maximum Gasteiger partial charge on any atom is 0.104 e. The molecule has 0 saturated heterocycles. The predicted octanol–water partition coefficient (Wildman–Crippen LogP) is -1.85. The van der Waals surface area contributed by atoms with Gasteiger partial charge in [0.2, 0.25) is 0 Å². The largest absolute Gasteiger partial charge is 0.395 e. The summed E-state index contributed by atoms with van der Waals surface area (Å²) in [6.45, 7) is 3.48. The van der Waals surface area contributed by atoms with Crippen molar-refractivity contribution < 1.29 is 20.4 Å². The highest BCUT2D eigenvalue weighted by Gasteiger charge is 2.00. The number of hydrogen-bond donors (Lipinski definition) is 4. The first-order valence-corrected chi connectivity index (χ1v) is 5.39. The van der Waals surface area contributed by atoms with Crippen LogP contribution in [-0.4, -0.2) is 90.0 Å². The quantitative estimate of drug-likeness (QED) is 0.390. The Bertz CT molecular complexity index is 114. The van der Waals surface area contributed by atoms with Gasteiger partial charge in [-0.1, -0.05) is 0 Å². The van der Waals surface area contributed by atoms with Crippen molar-refractivity contribution in [3.05, 3.63) is 0 Å². The molecule has 0 saturated carbocycles. The summed E-state index contributed by atoms with van der Waals surface area (Å²) in [6, 6.07) is 0. The van der Waals surface area contributed by atoms with Gasteiger partial charge in [0.15, 0.2) is 0 Å². The monoisotopic (exact) mass is 238 g/mol. The summed E-state index contributed by atoms with van der Waals surface area (Å²) in [7, 11) is 3.65. The summed E-state index contributed by atoms with van der Waals surface area (Å²) >= 11 is 0. The van der Waals surface area contributed by atoms with Crippen LogP contribution < -0.4 is 0 Å². The molecule has 0 aliphatic carbocycles. The van der Waals surface area contributed by atoms with Gasteiger partial charge in [-0.2, -0.15) is 0 Å². The normalized spacial score (nSPS) is 12.6. The molecule has 4 N–H and O–H groups in total. The first-order chi connectivity index (χ1) is 7.49. The summed E-state index contributed by atoms with van der Waals surface area (Å²) < 4.78 is 0. The van der Waals surface area contributed by atoms with E-state index in [4.69, 9.17) is 20.4 Å². The van der Waals surface area contributed by atoms with Crippen LogP contribution in [0.25, 0.3) is 0 Å². The molecule has 0 aliphatic rings. The van der Waals surface area contributed by atoms with E-state index in [0.29, 0.717) is 19.6 Å². The van der Waals surface area contributed by atoms with Crippen molar-refractivity contribution in [2.75, 3.05) is 53.6 Å². The number of nitrogens with zero attached hydrogens (tertiary/aromatic N) is 2. The summed E-state index contributed by atoms with van der Waals surface area (Å²) in [5.74, 6) is 0. The van der Waals surface area contributed by atoms with Crippen LogP contribution in [0.3, 0.4) is 0 Å². The number of aliphatic hydroxyl groups is 4. The molecule has 0 aromatic heterocycles. The Labute approximate surface area is 97.7 Å². The first kappa shape index (κ1) is 18.1. The summed E-state index contributed by atoms with van der Waals surface area (Å²) in [5, 5.41) is 34.0. The average molecular weight is 238 g/mol. The Balaban J connectivity index is 0. The lowest BCUT2D eigenvalue weighted by Gasteiger charge is -2.17. The average Bonchev–Trinajstić information content (AvgIpc) is 2.19. The van der Waals surface area contributed by atoms with Gasteiger partial charge in [-0.25, -0.2) is 0 Å². The molecule has 0 fully saturated rings. The fourth-order valence-electron chi connectivity index (χ4n) is 0.760. The lowest BCUT2D eigenvalue weighted by molar-refractivity contribution is 0.0578. The second-order valence-corrected chi connectivity index (χ2v) is 3.61. The molecule has 0 radical (unpaired) electrons. The fourth-order valence-corrected chi connectivity index (χ4v) is 0.760. The van der Waals surface area contributed by atoms with Crippen molar-refractivity contribution in [1.82, 2.24) is 9.80 Å². The van der Waals surface area contributed by atoms with Crippen LogP contribution >= 0.6 is 0 Å². The van der Waals surface area contributed by atoms with Crippen molar-refractivity contribution in [1.29, 1.82) is 0 Å². The van der Waals surface area contributed by atoms with Crippen LogP contribution in [0.15, 0.2) is 0 Å². The van der Waals surface area contributed by atoms with E-state index in [1.807, 2.05) is 14.1 Å². The van der Waals surface area contributed by atoms with Crippen molar-refractivity contribution in [2.45, 2.75) is 13.2 Å². The molecular weight excluding hydrogens is 212 g/mol. The third-order valence-electron chi connectivity index (χ3n) is 2.00. The Kier molecular flexibility index (Phi) is 14.5. The SMILES string of the molecule is CC(O)N(C)C.OCCN(CCO)CCO. The van der Waals surface area contributed by atoms with Gasteiger partial charge in [-0.05, 0) is 21.0 Å². The second kappa shape index (κ2) is 12.8. The number of aliphatic hydroxyl groups excluding tert-OH is 4. The Hall–Kier alpha value is -0.240. The van der Waals surface area contributed by atoms with E-state index in [0.717, 1.165) is 0 Å². The minimum Gasteiger partial charge on any atom is -0.395 e. The zero-order chi connectivity index (χ0) is 13.0. The molecule has 0 rings (SSSR count). The molecule has 100 valence electrons. The van der Waals surface area contributed by atoms with Gasteiger partial charge in [0, 0.05) is 19.6 Å². The Morgan fingerprint density at radius 2 is 1.12 bits per heavy atom. The van der Waals surface area contributed by atoms with E-state index in [1.54, 1.807) is 16.7 Å². The third-order valence-corrected chi connectivity index (χ3v) is 2.00. The van der Waals surface area contributed by atoms with Crippen LogP contribution in [-0.2, 0) is 0 Å². The third kappa shape index (κ3) is 13.8. The van der Waals surface area contributed by atoms with Crippen molar-refractivity contribution >= 4 is 0 Å². The maximum atomic E-state index is 8.56. The molecule has 1 unspecified atom stereocenters. The summed E-state index contributed by atoms with van der Waals surface area (Å²) in [4.78, 5) is 3.51. The molecule has 0 heterocycles. The van der Waals surface area contributed by atoms with Gasteiger partial charge >= 0.3 is 0 Å². The van der Waals surface area contributed by atoms with Gasteiger partial charge in [0.05, 0.1) is 19.8 Å². The van der Waals surface area contributed by atoms with Gasteiger partial charge < -0.3 is 20.4 Å². The highest BCUT2D eigenvalue weighted by molar-refractivity contribution is 4.54. The zero-order valence-corrected chi connectivity index (χ0v) is 10.5. The fraction of sp³-hybridized carbons (Fsp3) is 1.00. The van der Waals surface area contributed by atoms with Crippen molar-refractivity contribution in [2.24, 2.45) is 0 Å². The van der Waals surface area contributed by atoms with Crippen LogP contribution in [0.5, 0.6) is 0 Å². The lowest BCUT2D eigenvalue weighted by atomic mass is 10.4. The minimum absolute atomic E-state index is 0.0694. The Morgan fingerprint density at radius 1 is 0.875 bits per heavy atom. The molecule has 0 bridgehead atoms. The molecule has 6 heteroatoms. The van der Waals surface area contributed by atoms with Gasteiger partial charge in [-0.15, -0.1) is 0 Å². The minimum atomic E-state index is -0.315. The van der Waals surface area contributed by atoms with Gasteiger partial charge in [-0.3, -0.25) is 9.80 Å². The van der Waals surface area contributed by atoms with Crippen LogP contribution in [0.1, 0.15) is 6.92 Å². The van der Waals surface area contributed by atoms with E-state index in [-0.39, 0.29) is 26.0 Å². The number of rotatable bonds is 7. The second-order valence-electron chi connectivity index (χ2n) is 3.61. The predicted molar refractivity (Wildman–Crippen MR) is 63.1 cm³/mol. The summed E-state index contributed by atoms with van der Waals surface area (Å²) in [6.07, 6.45) is -0.315. The molecule has 1 atom stereocenters. The smallest absolute Gasteiger partial charge is 0.104 e. The number of hydrogen-bond acceptors (Lipinski definition) is 6. The summed E-state index contributed by atoms with van der Waals surface area (Å²) in [5.41, 5.74) is 0. The Morgan fingerprint density at radius 3 is 1.25 bits per heavy atom. The van der Waals surface area contributed by atoms with Crippen molar-refractivity contribution in [3.63, 3.8) is 0 Å². The molecule has 0 aliphatic heterocycles. The van der Waals surface area contributed by atoms with Gasteiger partial charge in [0.1, 0.15) is 6.23 Å². The lowest BCUT2D eigenvalue weighted by Crippen LogP contribution is -2.32. The van der Waals surface area contributed by atoms with E-state index in [1.165, 1.54) is 0 Å². The van der Waals surface area contributed by atoms with Crippen molar-refractivity contribution in [3.8, 4) is 0 Å². The molecule has 16 heavy (non-hydrogen) atoms. The van der Waals surface area contributed by atoms with E-state index >= 15 is 0 Å². The highest BCUT2D eigenvalue weighted by Crippen LogP contribution is 1.84. The molecule has 0 spiro atoms. The van der Waals surface area contributed by atoms with Gasteiger partial charge in [0.25, 0.3) is 0 Å². The molecule has 0 aromatic rings. The topological polar surface area (TPSA) is 87.4 Å². The van der Waals surface area contributed by atoms with Crippen LogP contribution in [0, 0.1) is 0 Å². The first-order valence-electron chi connectivity index (χ1n) is 5.39. The van der Waals surface area contributed by atoms with Crippen LogP contribution in [0.4, 0.5) is 0 Å². The molecule has 6 nitrogen and oxygen atoms in total. The van der Waals surface area contributed by atoms with E-state index < -0.39 is 0 Å². The molecule has 0 amide bonds. The van der Waals surface area contributed by atoms with E-state index in [9.17, 15) is 0 Å². The molecule has 0 aromatic carbocycles. The van der Waals surface area contributed by atoms with E-state index in [2.05, 4.69) is 0 Å². The zero-order valence-electron chi connectivity index (χ0n) is 10.5. The standard InChI is InChI=1S/C6H15NO3.C4H11NO/c8-4-1-7(2-5-9)3-6-10;1-4(6)5(2)3/h8-10H,1-6H2;4,6H,1-3H3. The maximum absolute atomic E-state index is 8.56. The van der Waals surface area contributed by atoms with Crippen LogP contribution in [0.2, 0.25) is 0 Å².